The van der Waals surface area contributed by atoms with Crippen LogP contribution in [0.4, 0.5) is 10.7 Å². The first-order chi connectivity index (χ1) is 19.2. The highest BCUT2D eigenvalue weighted by atomic mass is 16.5. The molecule has 0 aliphatic carbocycles. The van der Waals surface area contributed by atoms with E-state index < -0.39 is 5.91 Å². The van der Waals surface area contributed by atoms with E-state index in [2.05, 4.69) is 32.7 Å². The van der Waals surface area contributed by atoms with Gasteiger partial charge in [-0.25, -0.2) is 9.78 Å². The van der Waals surface area contributed by atoms with Gasteiger partial charge in [0.2, 0.25) is 11.9 Å². The largest absolute Gasteiger partial charge is 0.494 e. The highest BCUT2D eigenvalue weighted by molar-refractivity contribution is 6.04. The van der Waals surface area contributed by atoms with Gasteiger partial charge in [-0.05, 0) is 57.4 Å². The summed E-state index contributed by atoms with van der Waals surface area (Å²) in [7, 11) is 3.63. The van der Waals surface area contributed by atoms with Gasteiger partial charge in [0, 0.05) is 51.4 Å². The Bertz CT molecular complexity index is 1430. The number of hydrogen-bond donors (Lipinski definition) is 3. The summed E-state index contributed by atoms with van der Waals surface area (Å²) < 4.78 is 9.04. The van der Waals surface area contributed by atoms with Gasteiger partial charge in [-0.1, -0.05) is 0 Å². The fraction of sp³-hybridized carbons (Fsp3) is 0.519. The Hall–Kier alpha value is -4.13. The third kappa shape index (κ3) is 5.33. The Morgan fingerprint density at radius 3 is 2.50 bits per heavy atom. The molecule has 2 aromatic heterocycles. The van der Waals surface area contributed by atoms with E-state index in [0.717, 1.165) is 31.9 Å². The molecule has 2 aliphatic heterocycles. The van der Waals surface area contributed by atoms with Gasteiger partial charge in [-0.3, -0.25) is 19.6 Å². The van der Waals surface area contributed by atoms with Crippen LogP contribution in [-0.2, 0) is 13.1 Å². The van der Waals surface area contributed by atoms with Crippen molar-refractivity contribution in [2.24, 2.45) is 17.6 Å². The lowest BCUT2D eigenvalue weighted by Crippen LogP contribution is -2.40. The molecular weight excluding hydrogens is 514 g/mol. The highest BCUT2D eigenvalue weighted by Gasteiger charge is 2.40. The molecule has 2 saturated heterocycles. The van der Waals surface area contributed by atoms with Crippen LogP contribution in [0.5, 0.6) is 5.75 Å². The van der Waals surface area contributed by atoms with Gasteiger partial charge in [0.05, 0.1) is 18.3 Å². The number of hydrogen-bond acceptors (Lipinski definition) is 7. The van der Waals surface area contributed by atoms with E-state index >= 15 is 0 Å². The third-order valence-corrected chi connectivity index (χ3v) is 7.76. The zero-order chi connectivity index (χ0) is 28.6. The molecule has 0 spiro atoms. The number of nitrogens with one attached hydrogen (secondary N) is 2. The number of primary amides is 1. The molecule has 13 heteroatoms. The van der Waals surface area contributed by atoms with Crippen molar-refractivity contribution in [3.8, 4) is 5.75 Å². The Balaban J connectivity index is 1.34. The maximum atomic E-state index is 13.2. The molecule has 2 atom stereocenters. The first-order valence-electron chi connectivity index (χ1n) is 13.6. The predicted molar refractivity (Wildman–Crippen MR) is 149 cm³/mol. The maximum Gasteiger partial charge on any atom is 0.317 e. The molecule has 3 aromatic rings. The van der Waals surface area contributed by atoms with Crippen molar-refractivity contribution < 1.29 is 19.1 Å². The van der Waals surface area contributed by atoms with E-state index in [4.69, 9.17) is 10.5 Å². The first kappa shape index (κ1) is 27.4. The molecule has 0 unspecified atom stereocenters. The first-order valence-corrected chi connectivity index (χ1v) is 13.6. The summed E-state index contributed by atoms with van der Waals surface area (Å²) in [5.41, 5.74) is 8.00. The van der Waals surface area contributed by atoms with Crippen molar-refractivity contribution in [1.29, 1.82) is 0 Å². The smallest absolute Gasteiger partial charge is 0.317 e. The number of aryl methyl sites for hydroxylation is 3. The average Bonchev–Trinajstić information content (AvgIpc) is 3.66. The van der Waals surface area contributed by atoms with Crippen LogP contribution in [0.3, 0.4) is 0 Å². The van der Waals surface area contributed by atoms with Crippen LogP contribution in [0.25, 0.3) is 11.0 Å². The summed E-state index contributed by atoms with van der Waals surface area (Å²) in [6.07, 6.45) is 0.580. The minimum atomic E-state index is -0.608. The van der Waals surface area contributed by atoms with Gasteiger partial charge >= 0.3 is 6.03 Å². The highest BCUT2D eigenvalue weighted by Crippen LogP contribution is 2.32. The summed E-state index contributed by atoms with van der Waals surface area (Å²) in [6.45, 7) is 8.81. The van der Waals surface area contributed by atoms with Crippen molar-refractivity contribution in [2.45, 2.75) is 33.4 Å². The van der Waals surface area contributed by atoms with E-state index in [1.54, 1.807) is 22.9 Å². The molecule has 13 nitrogen and oxygen atoms in total. The zero-order valence-corrected chi connectivity index (χ0v) is 23.4. The van der Waals surface area contributed by atoms with Crippen molar-refractivity contribution in [3.05, 3.63) is 35.2 Å². The second-order valence-corrected chi connectivity index (χ2v) is 10.7. The number of amides is 4. The molecule has 5 rings (SSSR count). The lowest BCUT2D eigenvalue weighted by Gasteiger charge is -2.20. The predicted octanol–water partition coefficient (Wildman–Crippen LogP) is 1.51. The van der Waals surface area contributed by atoms with Crippen LogP contribution in [-0.4, -0.2) is 93.9 Å². The van der Waals surface area contributed by atoms with Gasteiger partial charge in [0.15, 0.2) is 0 Å². The van der Waals surface area contributed by atoms with Crippen LogP contribution in [0.1, 0.15) is 39.9 Å². The van der Waals surface area contributed by atoms with E-state index in [-0.39, 0.29) is 17.5 Å². The van der Waals surface area contributed by atoms with Crippen molar-refractivity contribution in [3.63, 3.8) is 0 Å². The van der Waals surface area contributed by atoms with Crippen molar-refractivity contribution >= 4 is 34.8 Å². The van der Waals surface area contributed by atoms with Crippen LogP contribution >= 0.6 is 0 Å². The minimum absolute atomic E-state index is 0.0482. The second kappa shape index (κ2) is 11.2. The Morgan fingerprint density at radius 2 is 1.85 bits per heavy atom. The standard InChI is InChI=1S/C27H37N9O4/c1-5-36-21(9-16(2)32-36)25(38)31-26-30-20-10-17(24(28)37)11-22(40-4)23(20)35(26)8-6-7-29-27(39)34-14-18-12-33(3)13-19(18)15-34/h9-11,18-19H,5-8,12-15H2,1-4H3,(H2,28,37)(H,29,39)(H,30,31,38)/t18-,19+. The number of likely N-dealkylation sites (tertiary alicyclic amines) is 2. The Kier molecular flexibility index (Phi) is 7.66. The lowest BCUT2D eigenvalue weighted by atomic mass is 10.0. The van der Waals surface area contributed by atoms with E-state index in [1.807, 2.05) is 23.3 Å². The molecule has 2 aliphatic rings. The molecule has 214 valence electrons. The molecule has 40 heavy (non-hydrogen) atoms. The van der Waals surface area contributed by atoms with Gasteiger partial charge in [-0.2, -0.15) is 5.10 Å². The summed E-state index contributed by atoms with van der Waals surface area (Å²) in [6, 6.07) is 4.81. The molecular formula is C27H37N9O4. The minimum Gasteiger partial charge on any atom is -0.494 e. The second-order valence-electron chi connectivity index (χ2n) is 10.7. The Labute approximate surface area is 232 Å². The van der Waals surface area contributed by atoms with Crippen LogP contribution in [0.2, 0.25) is 0 Å². The normalized spacial score (nSPS) is 18.8. The van der Waals surface area contributed by atoms with Crippen molar-refractivity contribution in [2.75, 3.05) is 52.2 Å². The quantitative estimate of drug-likeness (QED) is 0.341. The number of benzene rings is 1. The number of anilines is 1. The molecule has 0 saturated carbocycles. The topological polar surface area (TPSA) is 153 Å². The van der Waals surface area contributed by atoms with Gasteiger partial charge < -0.3 is 30.2 Å². The number of ether oxygens (including phenoxy) is 1. The van der Waals surface area contributed by atoms with Gasteiger partial charge in [-0.15, -0.1) is 0 Å². The van der Waals surface area contributed by atoms with Gasteiger partial charge in [0.1, 0.15) is 17.0 Å². The number of imidazole rings is 1. The third-order valence-electron chi connectivity index (χ3n) is 7.76. The lowest BCUT2D eigenvalue weighted by molar-refractivity contribution is 0.0995. The average molecular weight is 552 g/mol. The maximum absolute atomic E-state index is 13.2. The summed E-state index contributed by atoms with van der Waals surface area (Å²) in [5, 5.41) is 10.3. The number of aromatic nitrogens is 4. The summed E-state index contributed by atoms with van der Waals surface area (Å²) >= 11 is 0. The van der Waals surface area contributed by atoms with E-state index in [9.17, 15) is 14.4 Å². The molecule has 0 bridgehead atoms. The molecule has 2 fully saturated rings. The molecule has 0 radical (unpaired) electrons. The Morgan fingerprint density at radius 1 is 1.12 bits per heavy atom. The number of carbonyl (C=O) groups is 3. The fourth-order valence-electron chi connectivity index (χ4n) is 5.91. The van der Waals surface area contributed by atoms with E-state index in [1.165, 1.54) is 7.11 Å². The molecule has 4 heterocycles. The van der Waals surface area contributed by atoms with E-state index in [0.29, 0.717) is 66.3 Å². The number of fused-ring (bicyclic) bond motifs is 2. The number of rotatable bonds is 9. The SMILES string of the molecule is CCn1nc(C)cc1C(=O)Nc1nc2cc(C(N)=O)cc(OC)c2n1CCCNC(=O)N1C[C@H]2CN(C)C[C@H]2C1. The number of nitrogens with zero attached hydrogens (tertiary/aromatic N) is 6. The summed E-state index contributed by atoms with van der Waals surface area (Å²) in [4.78, 5) is 46.8. The van der Waals surface area contributed by atoms with Crippen LogP contribution in [0.15, 0.2) is 18.2 Å². The number of urea groups is 1. The van der Waals surface area contributed by atoms with Crippen LogP contribution < -0.4 is 21.1 Å². The monoisotopic (exact) mass is 551 g/mol. The van der Waals surface area contributed by atoms with Crippen LogP contribution in [0, 0.1) is 18.8 Å². The van der Waals surface area contributed by atoms with Crippen molar-refractivity contribution in [1.82, 2.24) is 34.4 Å². The van der Waals surface area contributed by atoms with Gasteiger partial charge in [0.25, 0.3) is 5.91 Å². The molecule has 1 aromatic carbocycles. The fourth-order valence-corrected chi connectivity index (χ4v) is 5.91. The zero-order valence-electron chi connectivity index (χ0n) is 23.4. The number of methoxy groups -OCH3 is 1. The number of carbonyl (C=O) groups excluding carboxylic acids is 3. The molecule has 4 amide bonds. The summed E-state index contributed by atoms with van der Waals surface area (Å²) in [5.74, 6) is 0.833. The molecule has 4 N–H and O–H groups in total. The number of nitrogens with two attached hydrogens (primary N) is 1.